The zero-order valence-electron chi connectivity index (χ0n) is 17.9. The van der Waals surface area contributed by atoms with Crippen LogP contribution in [0.2, 0.25) is 0 Å². The summed E-state index contributed by atoms with van der Waals surface area (Å²) in [5.74, 6) is 0.0632. The second kappa shape index (κ2) is 7.12. The maximum absolute atomic E-state index is 12.7. The molecule has 1 saturated heterocycles. The Balaban J connectivity index is 1.55. The van der Waals surface area contributed by atoms with E-state index in [9.17, 15) is 9.59 Å². The van der Waals surface area contributed by atoms with Crippen LogP contribution in [0.1, 0.15) is 63.7 Å². The van der Waals surface area contributed by atoms with Gasteiger partial charge in [0.25, 0.3) is 0 Å². The van der Waals surface area contributed by atoms with Gasteiger partial charge in [0, 0.05) is 18.3 Å². The highest BCUT2D eigenvalue weighted by molar-refractivity contribution is 5.89. The van der Waals surface area contributed by atoms with Gasteiger partial charge in [-0.05, 0) is 49.1 Å². The number of carbonyl (C=O) groups excluding carboxylic acids is 2. The van der Waals surface area contributed by atoms with E-state index < -0.39 is 0 Å². The number of esters is 2. The number of hydrogen-bond donors (Lipinski definition) is 0. The van der Waals surface area contributed by atoms with Crippen molar-refractivity contribution in [1.82, 2.24) is 0 Å². The van der Waals surface area contributed by atoms with Crippen molar-refractivity contribution < 1.29 is 23.8 Å². The molecular weight excluding hydrogens is 368 g/mol. The van der Waals surface area contributed by atoms with Crippen molar-refractivity contribution in [3.8, 4) is 0 Å². The first-order valence-electron chi connectivity index (χ1n) is 10.7. The largest absolute Gasteiger partial charge is 0.465 e. The zero-order chi connectivity index (χ0) is 20.9. The van der Waals surface area contributed by atoms with Crippen LogP contribution in [0.3, 0.4) is 0 Å². The van der Waals surface area contributed by atoms with E-state index in [1.165, 1.54) is 6.92 Å². The predicted molar refractivity (Wildman–Crippen MR) is 108 cm³/mol. The van der Waals surface area contributed by atoms with Crippen LogP contribution in [0.5, 0.6) is 0 Å². The summed E-state index contributed by atoms with van der Waals surface area (Å²) in [6, 6.07) is 9.21. The molecule has 1 aliphatic heterocycles. The molecule has 0 amide bonds. The first-order chi connectivity index (χ1) is 13.7. The molecule has 5 nitrogen and oxygen atoms in total. The highest BCUT2D eigenvalue weighted by atomic mass is 16.6. The van der Waals surface area contributed by atoms with Crippen LogP contribution in [0.15, 0.2) is 30.3 Å². The fourth-order valence-electron chi connectivity index (χ4n) is 6.31. The van der Waals surface area contributed by atoms with E-state index in [1.807, 2.05) is 18.2 Å². The van der Waals surface area contributed by atoms with Crippen LogP contribution in [-0.4, -0.2) is 36.9 Å². The molecule has 0 unspecified atom stereocenters. The van der Waals surface area contributed by atoms with Crippen LogP contribution in [0.25, 0.3) is 0 Å². The summed E-state index contributed by atoms with van der Waals surface area (Å²) in [6.07, 6.45) is 3.63. The van der Waals surface area contributed by atoms with Crippen molar-refractivity contribution in [3.63, 3.8) is 0 Å². The summed E-state index contributed by atoms with van der Waals surface area (Å²) >= 11 is 0. The molecule has 1 aromatic rings. The minimum Gasteiger partial charge on any atom is -0.465 e. The molecule has 1 aromatic carbocycles. The molecule has 29 heavy (non-hydrogen) atoms. The second-order valence-electron chi connectivity index (χ2n) is 9.93. The summed E-state index contributed by atoms with van der Waals surface area (Å²) in [4.78, 5) is 24.2. The summed E-state index contributed by atoms with van der Waals surface area (Å²) in [5, 5.41) is 0. The number of epoxide rings is 1. The zero-order valence-corrected chi connectivity index (χ0v) is 17.9. The third-order valence-electron chi connectivity index (χ3n) is 7.98. The smallest absolute Gasteiger partial charge is 0.338 e. The molecule has 0 bridgehead atoms. The topological polar surface area (TPSA) is 65.1 Å². The molecule has 3 fully saturated rings. The first-order valence-corrected chi connectivity index (χ1v) is 10.7. The van der Waals surface area contributed by atoms with Crippen LogP contribution in [0.4, 0.5) is 0 Å². The number of carbonyl (C=O) groups is 2. The first kappa shape index (κ1) is 20.4. The molecule has 4 rings (SSSR count). The summed E-state index contributed by atoms with van der Waals surface area (Å²) in [5.41, 5.74) is 0.286. The monoisotopic (exact) mass is 400 g/mol. The average molecular weight is 401 g/mol. The normalized spacial score (nSPS) is 37.4. The summed E-state index contributed by atoms with van der Waals surface area (Å²) < 4.78 is 17.5. The third kappa shape index (κ3) is 3.48. The number of hydrogen-bond acceptors (Lipinski definition) is 5. The van der Waals surface area contributed by atoms with Gasteiger partial charge in [0.05, 0.1) is 24.4 Å². The molecular formula is C24H32O5. The van der Waals surface area contributed by atoms with Crippen LogP contribution < -0.4 is 0 Å². The summed E-state index contributed by atoms with van der Waals surface area (Å²) in [6.45, 7) is 9.42. The van der Waals surface area contributed by atoms with Gasteiger partial charge in [0.15, 0.2) is 0 Å². The maximum Gasteiger partial charge on any atom is 0.338 e. The number of rotatable bonds is 4. The number of ether oxygens (including phenoxy) is 3. The lowest BCUT2D eigenvalue weighted by molar-refractivity contribution is -0.174. The van der Waals surface area contributed by atoms with Crippen molar-refractivity contribution in [2.75, 3.05) is 13.2 Å². The molecule has 0 radical (unpaired) electrons. The Morgan fingerprint density at radius 2 is 1.79 bits per heavy atom. The quantitative estimate of drug-likeness (QED) is 0.554. The molecule has 5 atom stereocenters. The van der Waals surface area contributed by atoms with E-state index in [4.69, 9.17) is 14.2 Å². The predicted octanol–water partition coefficient (Wildman–Crippen LogP) is 4.40. The van der Waals surface area contributed by atoms with Crippen LogP contribution in [-0.2, 0) is 19.0 Å². The molecule has 5 heteroatoms. The van der Waals surface area contributed by atoms with Gasteiger partial charge in [-0.1, -0.05) is 39.0 Å². The van der Waals surface area contributed by atoms with E-state index in [2.05, 4.69) is 20.8 Å². The van der Waals surface area contributed by atoms with Gasteiger partial charge >= 0.3 is 11.9 Å². The minimum atomic E-state index is -0.249. The second-order valence-corrected chi connectivity index (χ2v) is 9.93. The third-order valence-corrected chi connectivity index (χ3v) is 7.98. The van der Waals surface area contributed by atoms with Crippen molar-refractivity contribution in [1.29, 1.82) is 0 Å². The highest BCUT2D eigenvalue weighted by Gasteiger charge is 2.67. The number of benzene rings is 1. The van der Waals surface area contributed by atoms with Crippen molar-refractivity contribution in [2.24, 2.45) is 22.7 Å². The Morgan fingerprint density at radius 1 is 1.10 bits per heavy atom. The van der Waals surface area contributed by atoms with Gasteiger partial charge < -0.3 is 14.2 Å². The molecule has 158 valence electrons. The van der Waals surface area contributed by atoms with E-state index in [-0.39, 0.29) is 40.4 Å². The van der Waals surface area contributed by atoms with Crippen molar-refractivity contribution >= 4 is 11.9 Å². The maximum atomic E-state index is 12.7. The Morgan fingerprint density at radius 3 is 2.41 bits per heavy atom. The standard InChI is InChI=1S/C24H32O5/c1-16(25)27-14-19-23(4)12-11-20(29-21(26)17-8-6-5-7-9-17)22(2,3)18(23)10-13-24(19)15-28-24/h5-9,18-20H,10-15H2,1-4H3/t18-,19+,20-,23-,24-/m0/s1. The fourth-order valence-corrected chi connectivity index (χ4v) is 6.31. The highest BCUT2D eigenvalue weighted by Crippen LogP contribution is 2.65. The Labute approximate surface area is 173 Å². The van der Waals surface area contributed by atoms with Crippen molar-refractivity contribution in [3.05, 3.63) is 35.9 Å². The van der Waals surface area contributed by atoms with E-state index >= 15 is 0 Å². The summed E-state index contributed by atoms with van der Waals surface area (Å²) in [7, 11) is 0. The molecule has 1 heterocycles. The fraction of sp³-hybridized carbons (Fsp3) is 0.667. The van der Waals surface area contributed by atoms with Gasteiger partial charge in [-0.3, -0.25) is 4.79 Å². The van der Waals surface area contributed by atoms with Crippen LogP contribution >= 0.6 is 0 Å². The molecule has 2 saturated carbocycles. The van der Waals surface area contributed by atoms with E-state index in [1.54, 1.807) is 12.1 Å². The molecule has 3 aliphatic rings. The Kier molecular flexibility index (Phi) is 5.01. The molecule has 0 aromatic heterocycles. The van der Waals surface area contributed by atoms with Crippen LogP contribution in [0, 0.1) is 22.7 Å². The minimum absolute atomic E-state index is 0.0106. The van der Waals surface area contributed by atoms with Gasteiger partial charge in [0.1, 0.15) is 6.10 Å². The average Bonchev–Trinajstić information content (AvgIpc) is 3.44. The molecule has 0 N–H and O–H groups in total. The lowest BCUT2D eigenvalue weighted by Gasteiger charge is -2.60. The van der Waals surface area contributed by atoms with Crippen molar-refractivity contribution in [2.45, 2.75) is 65.1 Å². The Bertz CT molecular complexity index is 782. The Hall–Kier alpha value is -1.88. The van der Waals surface area contributed by atoms with Gasteiger partial charge in [-0.15, -0.1) is 0 Å². The van der Waals surface area contributed by atoms with E-state index in [0.29, 0.717) is 18.1 Å². The lowest BCUT2D eigenvalue weighted by atomic mass is 9.45. The van der Waals surface area contributed by atoms with Gasteiger partial charge in [0.2, 0.25) is 0 Å². The molecule has 1 spiro atoms. The van der Waals surface area contributed by atoms with Gasteiger partial charge in [-0.25, -0.2) is 4.79 Å². The SMILES string of the molecule is CC(=O)OC[C@H]1[C@]2(CC[C@H]3C(C)(C)[C@@H](OC(=O)c4ccccc4)CC[C@@]31C)CO2. The van der Waals surface area contributed by atoms with Gasteiger partial charge in [-0.2, -0.15) is 0 Å². The van der Waals surface area contributed by atoms with E-state index in [0.717, 1.165) is 32.3 Å². The lowest BCUT2D eigenvalue weighted by Crippen LogP contribution is -2.60. The number of fused-ring (bicyclic) bond motifs is 1. The molecule has 2 aliphatic carbocycles.